The van der Waals surface area contributed by atoms with Crippen molar-refractivity contribution in [2.75, 3.05) is 39.1 Å². The number of amides is 2. The van der Waals surface area contributed by atoms with Crippen molar-refractivity contribution in [3.63, 3.8) is 0 Å². The summed E-state index contributed by atoms with van der Waals surface area (Å²) in [6.45, 7) is 1.69. The summed E-state index contributed by atoms with van der Waals surface area (Å²) in [6, 6.07) is 6.02. The first kappa shape index (κ1) is 19.0. The molecule has 2 amide bonds. The van der Waals surface area contributed by atoms with Crippen molar-refractivity contribution in [3.05, 3.63) is 35.6 Å². The maximum Gasteiger partial charge on any atom is 0.236 e. The van der Waals surface area contributed by atoms with E-state index >= 15 is 0 Å². The number of nitrogens with zero attached hydrogens (tertiary/aromatic N) is 2. The van der Waals surface area contributed by atoms with Gasteiger partial charge in [-0.2, -0.15) is 0 Å². The molecule has 1 aromatic rings. The van der Waals surface area contributed by atoms with E-state index in [9.17, 15) is 18.2 Å². The molecular formula is C18H23FN2O4S. The largest absolute Gasteiger partial charge is 0.383 e. The highest BCUT2D eigenvalue weighted by Gasteiger charge is 2.52. The monoisotopic (exact) mass is 382 g/mol. The van der Waals surface area contributed by atoms with Gasteiger partial charge in [0.1, 0.15) is 16.4 Å². The van der Waals surface area contributed by atoms with Crippen LogP contribution >= 0.6 is 0 Å². The summed E-state index contributed by atoms with van der Waals surface area (Å²) in [6.07, 6.45) is 1.12. The Morgan fingerprint density at radius 2 is 2.08 bits per heavy atom. The highest BCUT2D eigenvalue weighted by molar-refractivity contribution is 7.87. The van der Waals surface area contributed by atoms with E-state index in [-0.39, 0.29) is 29.8 Å². The number of hydrogen-bond acceptors (Lipinski definition) is 4. The molecule has 1 spiro atoms. The van der Waals surface area contributed by atoms with Crippen molar-refractivity contribution in [2.45, 2.75) is 24.1 Å². The number of benzene rings is 1. The van der Waals surface area contributed by atoms with Crippen molar-refractivity contribution >= 4 is 22.6 Å². The summed E-state index contributed by atoms with van der Waals surface area (Å²) in [5.41, 5.74) is 0.636. The van der Waals surface area contributed by atoms with Crippen LogP contribution in [0.15, 0.2) is 24.3 Å². The Bertz CT molecular complexity index is 719. The van der Waals surface area contributed by atoms with E-state index in [4.69, 9.17) is 4.74 Å². The number of ether oxygens (including phenoxy) is 1. The van der Waals surface area contributed by atoms with Gasteiger partial charge in [-0.05, 0) is 17.7 Å². The maximum atomic E-state index is 13.3. The van der Waals surface area contributed by atoms with E-state index in [1.165, 1.54) is 12.1 Å². The summed E-state index contributed by atoms with van der Waals surface area (Å²) < 4.78 is 30.9. The van der Waals surface area contributed by atoms with Crippen LogP contribution in [0.2, 0.25) is 0 Å². The molecule has 142 valence electrons. The molecule has 0 bridgehead atoms. The summed E-state index contributed by atoms with van der Waals surface area (Å²) >= 11 is 0. The molecule has 26 heavy (non-hydrogen) atoms. The SMILES string of the molecule is COCCN1C(=O)CS(=O)C12CCN(C(=O)Cc1cccc(F)c1)CC2. The van der Waals surface area contributed by atoms with Crippen LogP contribution in [0.4, 0.5) is 4.39 Å². The van der Waals surface area contributed by atoms with Crippen LogP contribution < -0.4 is 0 Å². The molecule has 2 fully saturated rings. The van der Waals surface area contributed by atoms with E-state index in [1.807, 2.05) is 0 Å². The third kappa shape index (κ3) is 3.66. The number of halogens is 1. The fourth-order valence-corrected chi connectivity index (χ4v) is 5.45. The van der Waals surface area contributed by atoms with Crippen LogP contribution in [0.3, 0.4) is 0 Å². The van der Waals surface area contributed by atoms with Gasteiger partial charge in [0, 0.05) is 39.6 Å². The van der Waals surface area contributed by atoms with Gasteiger partial charge in [0.05, 0.1) is 23.8 Å². The van der Waals surface area contributed by atoms with Crippen molar-refractivity contribution < 1.29 is 22.9 Å². The minimum atomic E-state index is -1.27. The highest BCUT2D eigenvalue weighted by atomic mass is 32.2. The van der Waals surface area contributed by atoms with E-state index in [0.29, 0.717) is 44.6 Å². The van der Waals surface area contributed by atoms with Gasteiger partial charge in [-0.25, -0.2) is 4.39 Å². The van der Waals surface area contributed by atoms with E-state index in [2.05, 4.69) is 0 Å². The van der Waals surface area contributed by atoms with Crippen LogP contribution in [0.1, 0.15) is 18.4 Å². The number of piperidine rings is 1. The van der Waals surface area contributed by atoms with Crippen LogP contribution in [0, 0.1) is 5.82 Å². The van der Waals surface area contributed by atoms with Crippen LogP contribution in [-0.2, 0) is 31.5 Å². The van der Waals surface area contributed by atoms with Crippen LogP contribution in [0.25, 0.3) is 0 Å². The van der Waals surface area contributed by atoms with Gasteiger partial charge in [0.2, 0.25) is 11.8 Å². The summed E-state index contributed by atoms with van der Waals surface area (Å²) in [7, 11) is 0.300. The lowest BCUT2D eigenvalue weighted by atomic mass is 10.0. The second-order valence-electron chi connectivity index (χ2n) is 6.66. The van der Waals surface area contributed by atoms with Gasteiger partial charge in [-0.3, -0.25) is 13.8 Å². The molecule has 2 heterocycles. The Labute approximate surface area is 154 Å². The Balaban J connectivity index is 1.64. The molecule has 0 saturated carbocycles. The predicted molar refractivity (Wildman–Crippen MR) is 95.2 cm³/mol. The first-order chi connectivity index (χ1) is 12.5. The molecule has 6 nitrogen and oxygen atoms in total. The maximum absolute atomic E-state index is 13.3. The lowest BCUT2D eigenvalue weighted by Gasteiger charge is -2.43. The standard InChI is InChI=1S/C18H23FN2O4S/c1-25-10-9-21-17(23)13-26(24)18(21)5-7-20(8-6-18)16(22)12-14-3-2-4-15(19)11-14/h2-4,11H,5-10,12-13H2,1H3. The van der Waals surface area contributed by atoms with Crippen molar-refractivity contribution in [2.24, 2.45) is 0 Å². The van der Waals surface area contributed by atoms with Crippen molar-refractivity contribution in [3.8, 4) is 0 Å². The first-order valence-electron chi connectivity index (χ1n) is 8.66. The molecule has 1 unspecified atom stereocenters. The molecule has 2 saturated heterocycles. The summed E-state index contributed by atoms with van der Waals surface area (Å²) in [5.74, 6) is -0.508. The molecule has 3 rings (SSSR count). The summed E-state index contributed by atoms with van der Waals surface area (Å²) in [4.78, 5) is 27.4. The molecular weight excluding hydrogens is 359 g/mol. The zero-order chi connectivity index (χ0) is 18.7. The molecule has 1 atom stereocenters. The average molecular weight is 382 g/mol. The molecule has 0 aromatic heterocycles. The van der Waals surface area contributed by atoms with Crippen LogP contribution in [0.5, 0.6) is 0 Å². The third-order valence-electron chi connectivity index (χ3n) is 5.13. The number of rotatable bonds is 5. The fourth-order valence-electron chi connectivity index (χ4n) is 3.72. The molecule has 2 aliphatic heterocycles. The Morgan fingerprint density at radius 1 is 1.35 bits per heavy atom. The summed E-state index contributed by atoms with van der Waals surface area (Å²) in [5, 5.41) is 0. The van der Waals surface area contributed by atoms with Crippen LogP contribution in [-0.4, -0.2) is 69.8 Å². The highest BCUT2D eigenvalue weighted by Crippen LogP contribution is 2.37. The predicted octanol–water partition coefficient (Wildman–Crippen LogP) is 0.924. The Hall–Kier alpha value is -1.80. The van der Waals surface area contributed by atoms with Gasteiger partial charge in [0.25, 0.3) is 0 Å². The zero-order valence-electron chi connectivity index (χ0n) is 14.8. The lowest BCUT2D eigenvalue weighted by Crippen LogP contribution is -2.56. The second kappa shape index (κ2) is 7.84. The molecule has 0 N–H and O–H groups in total. The Kier molecular flexibility index (Phi) is 5.72. The molecule has 1 aromatic carbocycles. The second-order valence-corrected chi connectivity index (χ2v) is 8.40. The smallest absolute Gasteiger partial charge is 0.236 e. The van der Waals surface area contributed by atoms with Gasteiger partial charge >= 0.3 is 0 Å². The van der Waals surface area contributed by atoms with Gasteiger partial charge in [-0.15, -0.1) is 0 Å². The molecule has 8 heteroatoms. The van der Waals surface area contributed by atoms with E-state index in [0.717, 1.165) is 0 Å². The van der Waals surface area contributed by atoms with Gasteiger partial charge < -0.3 is 14.5 Å². The molecule has 2 aliphatic rings. The first-order valence-corrected chi connectivity index (χ1v) is 9.98. The number of carbonyl (C=O) groups excluding carboxylic acids is 2. The number of hydrogen-bond donors (Lipinski definition) is 0. The average Bonchev–Trinajstić information content (AvgIpc) is 2.83. The Morgan fingerprint density at radius 3 is 2.73 bits per heavy atom. The number of carbonyl (C=O) groups is 2. The minimum Gasteiger partial charge on any atom is -0.383 e. The van der Waals surface area contributed by atoms with E-state index in [1.54, 1.807) is 29.0 Å². The van der Waals surface area contributed by atoms with Gasteiger partial charge in [-0.1, -0.05) is 12.1 Å². The zero-order valence-corrected chi connectivity index (χ0v) is 15.6. The minimum absolute atomic E-state index is 0.0426. The molecule has 0 aliphatic carbocycles. The van der Waals surface area contributed by atoms with Gasteiger partial charge in [0.15, 0.2) is 0 Å². The fraction of sp³-hybridized carbons (Fsp3) is 0.556. The normalized spacial score (nSPS) is 22.2. The van der Waals surface area contributed by atoms with Crippen molar-refractivity contribution in [1.29, 1.82) is 0 Å². The number of likely N-dealkylation sites (tertiary alicyclic amines) is 1. The van der Waals surface area contributed by atoms with E-state index < -0.39 is 15.7 Å². The number of methoxy groups -OCH3 is 1. The van der Waals surface area contributed by atoms with Crippen molar-refractivity contribution in [1.82, 2.24) is 9.80 Å². The third-order valence-corrected chi connectivity index (χ3v) is 7.12. The quantitative estimate of drug-likeness (QED) is 0.760. The topological polar surface area (TPSA) is 66.9 Å². The molecule has 0 radical (unpaired) electrons. The lowest BCUT2D eigenvalue weighted by molar-refractivity contribution is -0.135.